The highest BCUT2D eigenvalue weighted by Crippen LogP contribution is 2.31. The SMILES string of the molecule is CCOC(=O)c1c(C)nn2c1NC(C)CC2C. The average Bonchev–Trinajstić information content (AvgIpc) is 2.55. The summed E-state index contributed by atoms with van der Waals surface area (Å²) in [6, 6.07) is 0.657. The van der Waals surface area contributed by atoms with Gasteiger partial charge in [-0.1, -0.05) is 0 Å². The molecule has 0 saturated carbocycles. The zero-order valence-electron chi connectivity index (χ0n) is 10.8. The minimum atomic E-state index is -0.292. The quantitative estimate of drug-likeness (QED) is 0.801. The fraction of sp³-hybridized carbons (Fsp3) is 0.667. The average molecular weight is 237 g/mol. The Kier molecular flexibility index (Phi) is 3.09. The zero-order chi connectivity index (χ0) is 12.6. The molecule has 0 saturated heterocycles. The van der Waals surface area contributed by atoms with Crippen LogP contribution in [0.5, 0.6) is 0 Å². The number of rotatable bonds is 2. The minimum Gasteiger partial charge on any atom is -0.462 e. The van der Waals surface area contributed by atoms with E-state index in [9.17, 15) is 4.79 Å². The summed E-state index contributed by atoms with van der Waals surface area (Å²) in [6.45, 7) is 8.26. The molecule has 0 spiro atoms. The van der Waals surface area contributed by atoms with Gasteiger partial charge in [-0.3, -0.25) is 0 Å². The van der Waals surface area contributed by atoms with Crippen LogP contribution in [-0.2, 0) is 4.74 Å². The van der Waals surface area contributed by atoms with E-state index in [1.807, 2.05) is 18.5 Å². The van der Waals surface area contributed by atoms with E-state index in [1.54, 1.807) is 0 Å². The van der Waals surface area contributed by atoms with Crippen molar-refractivity contribution in [2.24, 2.45) is 0 Å². The lowest BCUT2D eigenvalue weighted by Gasteiger charge is -2.28. The second kappa shape index (κ2) is 4.39. The number of aryl methyl sites for hydroxylation is 1. The number of ether oxygens (including phenoxy) is 1. The second-order valence-electron chi connectivity index (χ2n) is 4.60. The fourth-order valence-corrected chi connectivity index (χ4v) is 2.36. The number of anilines is 1. The molecule has 5 nitrogen and oxygen atoms in total. The number of fused-ring (bicyclic) bond motifs is 1. The number of hydrogen-bond acceptors (Lipinski definition) is 4. The predicted octanol–water partition coefficient (Wildman–Crippen LogP) is 2.13. The molecule has 0 bridgehead atoms. The summed E-state index contributed by atoms with van der Waals surface area (Å²) in [6.07, 6.45) is 1.01. The van der Waals surface area contributed by atoms with Crippen molar-refractivity contribution in [1.82, 2.24) is 9.78 Å². The van der Waals surface area contributed by atoms with E-state index in [-0.39, 0.29) is 5.97 Å². The molecule has 0 radical (unpaired) electrons. The number of aromatic nitrogens is 2. The maximum atomic E-state index is 11.9. The van der Waals surface area contributed by atoms with Gasteiger partial charge in [0, 0.05) is 6.04 Å². The first kappa shape index (κ1) is 12.0. The first-order chi connectivity index (χ1) is 8.04. The van der Waals surface area contributed by atoms with Crippen LogP contribution in [0.1, 0.15) is 49.3 Å². The Hall–Kier alpha value is -1.52. The molecular weight excluding hydrogens is 218 g/mol. The van der Waals surface area contributed by atoms with Crippen molar-refractivity contribution >= 4 is 11.8 Å². The third-order valence-corrected chi connectivity index (χ3v) is 3.06. The summed E-state index contributed by atoms with van der Waals surface area (Å²) >= 11 is 0. The van der Waals surface area contributed by atoms with Crippen molar-refractivity contribution in [3.05, 3.63) is 11.3 Å². The Morgan fingerprint density at radius 3 is 2.94 bits per heavy atom. The summed E-state index contributed by atoms with van der Waals surface area (Å²) in [5, 5.41) is 7.74. The Balaban J connectivity index is 2.43. The topological polar surface area (TPSA) is 56.1 Å². The van der Waals surface area contributed by atoms with Crippen LogP contribution < -0.4 is 5.32 Å². The highest BCUT2D eigenvalue weighted by molar-refractivity contribution is 5.96. The number of carbonyl (C=O) groups is 1. The Labute approximate surface area is 101 Å². The van der Waals surface area contributed by atoms with E-state index in [2.05, 4.69) is 24.3 Å². The molecule has 1 N–H and O–H groups in total. The van der Waals surface area contributed by atoms with Gasteiger partial charge >= 0.3 is 5.97 Å². The molecule has 0 aliphatic carbocycles. The van der Waals surface area contributed by atoms with Gasteiger partial charge in [-0.15, -0.1) is 0 Å². The lowest BCUT2D eigenvalue weighted by Crippen LogP contribution is -2.29. The van der Waals surface area contributed by atoms with Gasteiger partial charge in [-0.2, -0.15) is 5.10 Å². The molecule has 17 heavy (non-hydrogen) atoms. The molecule has 0 fully saturated rings. The molecule has 1 aromatic rings. The van der Waals surface area contributed by atoms with E-state index in [4.69, 9.17) is 4.74 Å². The predicted molar refractivity (Wildman–Crippen MR) is 65.3 cm³/mol. The Bertz CT molecular complexity index is 439. The lowest BCUT2D eigenvalue weighted by atomic mass is 10.1. The van der Waals surface area contributed by atoms with Crippen LogP contribution in [0.3, 0.4) is 0 Å². The number of nitrogens with zero attached hydrogens (tertiary/aromatic N) is 2. The fourth-order valence-electron chi connectivity index (χ4n) is 2.36. The molecule has 2 unspecified atom stereocenters. The third kappa shape index (κ3) is 2.01. The number of hydrogen-bond donors (Lipinski definition) is 1. The van der Waals surface area contributed by atoms with Crippen molar-refractivity contribution < 1.29 is 9.53 Å². The van der Waals surface area contributed by atoms with Crippen LogP contribution in [0.2, 0.25) is 0 Å². The first-order valence-electron chi connectivity index (χ1n) is 6.07. The first-order valence-corrected chi connectivity index (χ1v) is 6.07. The number of nitrogens with one attached hydrogen (secondary N) is 1. The van der Waals surface area contributed by atoms with Crippen LogP contribution in [0.15, 0.2) is 0 Å². The van der Waals surface area contributed by atoms with Crippen LogP contribution in [0.25, 0.3) is 0 Å². The van der Waals surface area contributed by atoms with Crippen LogP contribution in [0, 0.1) is 6.92 Å². The molecule has 2 atom stereocenters. The van der Waals surface area contributed by atoms with E-state index in [0.717, 1.165) is 17.9 Å². The zero-order valence-corrected chi connectivity index (χ0v) is 10.8. The summed E-state index contributed by atoms with van der Waals surface area (Å²) in [5.41, 5.74) is 1.30. The van der Waals surface area contributed by atoms with E-state index < -0.39 is 0 Å². The summed E-state index contributed by atoms with van der Waals surface area (Å²) in [5.74, 6) is 0.507. The van der Waals surface area contributed by atoms with Crippen molar-refractivity contribution in [3.8, 4) is 0 Å². The van der Waals surface area contributed by atoms with E-state index >= 15 is 0 Å². The molecule has 0 amide bonds. The van der Waals surface area contributed by atoms with Gasteiger partial charge in [0.2, 0.25) is 0 Å². The maximum absolute atomic E-state index is 11.9. The Morgan fingerprint density at radius 2 is 2.29 bits per heavy atom. The molecule has 0 aromatic carbocycles. The molecule has 1 aromatic heterocycles. The van der Waals surface area contributed by atoms with Crippen molar-refractivity contribution in [1.29, 1.82) is 0 Å². The smallest absolute Gasteiger partial charge is 0.343 e. The second-order valence-corrected chi connectivity index (χ2v) is 4.60. The summed E-state index contributed by atoms with van der Waals surface area (Å²) in [4.78, 5) is 11.9. The van der Waals surface area contributed by atoms with E-state index in [1.165, 1.54) is 0 Å². The molecule has 5 heteroatoms. The van der Waals surface area contributed by atoms with Gasteiger partial charge in [0.15, 0.2) is 0 Å². The third-order valence-electron chi connectivity index (χ3n) is 3.06. The van der Waals surface area contributed by atoms with Crippen molar-refractivity contribution in [2.75, 3.05) is 11.9 Å². The van der Waals surface area contributed by atoms with Crippen molar-refractivity contribution in [2.45, 2.75) is 46.2 Å². The standard InChI is InChI=1S/C12H19N3O2/c1-5-17-12(16)10-9(4)14-15-8(3)6-7(2)13-11(10)15/h7-8,13H,5-6H2,1-4H3. The molecule has 2 heterocycles. The molecule has 1 aliphatic rings. The highest BCUT2D eigenvalue weighted by atomic mass is 16.5. The molecule has 2 rings (SSSR count). The van der Waals surface area contributed by atoms with Gasteiger partial charge in [0.05, 0.1) is 18.3 Å². The number of esters is 1. The summed E-state index contributed by atoms with van der Waals surface area (Å²) in [7, 11) is 0. The van der Waals surface area contributed by atoms with Gasteiger partial charge in [0.25, 0.3) is 0 Å². The van der Waals surface area contributed by atoms with E-state index in [0.29, 0.717) is 24.3 Å². The molecular formula is C12H19N3O2. The normalized spacial score (nSPS) is 22.8. The van der Waals surface area contributed by atoms with Crippen LogP contribution in [-0.4, -0.2) is 28.4 Å². The Morgan fingerprint density at radius 1 is 1.59 bits per heavy atom. The number of carbonyl (C=O) groups excluding carboxylic acids is 1. The van der Waals surface area contributed by atoms with Gasteiger partial charge in [-0.05, 0) is 34.1 Å². The van der Waals surface area contributed by atoms with Gasteiger partial charge in [-0.25, -0.2) is 9.48 Å². The largest absolute Gasteiger partial charge is 0.462 e. The monoisotopic (exact) mass is 237 g/mol. The lowest BCUT2D eigenvalue weighted by molar-refractivity contribution is 0.0526. The molecule has 1 aliphatic heterocycles. The minimum absolute atomic E-state index is 0.292. The highest BCUT2D eigenvalue weighted by Gasteiger charge is 2.29. The summed E-state index contributed by atoms with van der Waals surface area (Å²) < 4.78 is 6.96. The van der Waals surface area contributed by atoms with Gasteiger partial charge in [0.1, 0.15) is 11.4 Å². The van der Waals surface area contributed by atoms with Crippen molar-refractivity contribution in [3.63, 3.8) is 0 Å². The van der Waals surface area contributed by atoms with Gasteiger partial charge < -0.3 is 10.1 Å². The van der Waals surface area contributed by atoms with Crippen LogP contribution in [0.4, 0.5) is 5.82 Å². The van der Waals surface area contributed by atoms with Crippen LogP contribution >= 0.6 is 0 Å². The maximum Gasteiger partial charge on any atom is 0.343 e. The molecule has 94 valence electrons.